The Balaban J connectivity index is 1.73. The van der Waals surface area contributed by atoms with Gasteiger partial charge in [-0.2, -0.15) is 5.10 Å². The molecule has 0 radical (unpaired) electrons. The summed E-state index contributed by atoms with van der Waals surface area (Å²) in [5.74, 6) is 10.4. The molecule has 32 heavy (non-hydrogen) atoms. The molecule has 4 N–H and O–H groups in total. The predicted molar refractivity (Wildman–Crippen MR) is 117 cm³/mol. The van der Waals surface area contributed by atoms with E-state index in [1.165, 1.54) is 12.4 Å². The lowest BCUT2D eigenvalue weighted by Crippen LogP contribution is -2.49. The number of fused-ring (bicyclic) bond motifs is 1. The summed E-state index contributed by atoms with van der Waals surface area (Å²) in [4.78, 5) is 12.0. The van der Waals surface area contributed by atoms with Gasteiger partial charge in [-0.3, -0.25) is 14.7 Å². The number of carbonyl (C=O) groups excluding carboxylic acids is 1. The quantitative estimate of drug-likeness (QED) is 0.285. The fourth-order valence-corrected chi connectivity index (χ4v) is 4.45. The lowest BCUT2D eigenvalue weighted by Gasteiger charge is -2.25. The molecule has 1 fully saturated rings. The lowest BCUT2D eigenvalue weighted by molar-refractivity contribution is -0.131. The highest BCUT2D eigenvalue weighted by Crippen LogP contribution is 2.25. The van der Waals surface area contributed by atoms with Gasteiger partial charge in [-0.15, -0.1) is 0 Å². The van der Waals surface area contributed by atoms with Crippen molar-refractivity contribution in [1.82, 2.24) is 15.3 Å². The lowest BCUT2D eigenvalue weighted by atomic mass is 10.1. The van der Waals surface area contributed by atoms with Gasteiger partial charge in [0.1, 0.15) is 0 Å². The third-order valence-electron chi connectivity index (χ3n) is 5.88. The van der Waals surface area contributed by atoms with E-state index in [9.17, 15) is 23.4 Å². The van der Waals surface area contributed by atoms with E-state index >= 15 is 0 Å². The number of carbonyl (C=O) groups is 1. The van der Waals surface area contributed by atoms with Crippen LogP contribution in [0, 0.1) is 29.6 Å². The number of aliphatic hydroxyl groups is 2. The van der Waals surface area contributed by atoms with E-state index in [4.69, 9.17) is 5.21 Å². The average molecular weight is 460 g/mol. The smallest absolute Gasteiger partial charge is 0.264 e. The normalized spacial score (nSPS) is 22.3. The molecule has 1 heterocycles. The van der Waals surface area contributed by atoms with Crippen LogP contribution in [-0.2, 0) is 21.2 Å². The summed E-state index contributed by atoms with van der Waals surface area (Å²) in [6.45, 7) is 1.41. The van der Waals surface area contributed by atoms with Crippen molar-refractivity contribution in [1.29, 1.82) is 0 Å². The van der Waals surface area contributed by atoms with Crippen LogP contribution in [0.15, 0.2) is 24.4 Å². The molecule has 1 aromatic heterocycles. The monoisotopic (exact) mass is 459 g/mol. The molecule has 0 spiro atoms. The summed E-state index contributed by atoms with van der Waals surface area (Å²) in [6.07, 6.45) is 1.94. The molecule has 1 aliphatic carbocycles. The molecule has 4 atom stereocenters. The SMILES string of the molecule is C[C@@](CCn1ncc2cc(C#CC#C[C@@H]3C[C@@H](O)[C@@H](O)C3)ccc21)(C(=O)NO)S(C)(=O)=O. The maximum Gasteiger partial charge on any atom is 0.264 e. The van der Waals surface area contributed by atoms with Crippen LogP contribution in [0.5, 0.6) is 0 Å². The van der Waals surface area contributed by atoms with E-state index in [-0.39, 0.29) is 18.9 Å². The number of benzene rings is 1. The number of amides is 1. The van der Waals surface area contributed by atoms with Crippen molar-refractivity contribution in [2.45, 2.75) is 49.7 Å². The number of hydrogen-bond acceptors (Lipinski definition) is 7. The fourth-order valence-electron chi connectivity index (χ4n) is 3.60. The molecule has 9 nitrogen and oxygen atoms in total. The molecule has 3 rings (SSSR count). The van der Waals surface area contributed by atoms with Crippen molar-refractivity contribution in [2.75, 3.05) is 6.26 Å². The van der Waals surface area contributed by atoms with Crippen LogP contribution in [0.3, 0.4) is 0 Å². The summed E-state index contributed by atoms with van der Waals surface area (Å²) in [5, 5.41) is 33.1. The van der Waals surface area contributed by atoms with Crippen molar-refractivity contribution < 1.29 is 28.6 Å². The summed E-state index contributed by atoms with van der Waals surface area (Å²) in [6, 6.07) is 5.41. The highest BCUT2D eigenvalue weighted by molar-refractivity contribution is 7.92. The highest BCUT2D eigenvalue weighted by Gasteiger charge is 2.43. The van der Waals surface area contributed by atoms with Gasteiger partial charge >= 0.3 is 0 Å². The molecule has 2 aromatic rings. The van der Waals surface area contributed by atoms with Crippen molar-refractivity contribution in [3.63, 3.8) is 0 Å². The first-order valence-electron chi connectivity index (χ1n) is 10.0. The van der Waals surface area contributed by atoms with Gasteiger partial charge in [0.15, 0.2) is 14.6 Å². The Morgan fingerprint density at radius 2 is 1.97 bits per heavy atom. The molecule has 0 aliphatic heterocycles. The van der Waals surface area contributed by atoms with Gasteiger partial charge in [0, 0.05) is 29.7 Å². The second kappa shape index (κ2) is 9.31. The Kier molecular flexibility index (Phi) is 6.91. The zero-order chi connectivity index (χ0) is 23.5. The Bertz CT molecular complexity index is 1240. The summed E-state index contributed by atoms with van der Waals surface area (Å²) >= 11 is 0. The molecular formula is C22H25N3O6S. The van der Waals surface area contributed by atoms with Gasteiger partial charge < -0.3 is 10.2 Å². The Hall–Kier alpha value is -2.89. The fraction of sp³-hybridized carbons (Fsp3) is 0.455. The molecule has 1 amide bonds. The van der Waals surface area contributed by atoms with Gasteiger partial charge in [-0.1, -0.05) is 11.8 Å². The molecule has 0 unspecified atom stereocenters. The molecule has 10 heteroatoms. The van der Waals surface area contributed by atoms with E-state index < -0.39 is 32.7 Å². The standard InChI is InChI=1S/C22H25N3O6S/c1-22(21(28)24-29,32(2,30)31)9-10-25-18-8-7-15(11-17(18)14-23-25)5-3-4-6-16-12-19(26)20(27)13-16/h7-8,11,14,16,19-20,26-27,29H,9-10,12-13H2,1-2H3,(H,24,28)/t16-,19-,20+,22-/m1/s1. The van der Waals surface area contributed by atoms with Gasteiger partial charge in [-0.05, 0) is 56.2 Å². The third kappa shape index (κ3) is 4.95. The highest BCUT2D eigenvalue weighted by atomic mass is 32.2. The van der Waals surface area contributed by atoms with E-state index in [2.05, 4.69) is 28.8 Å². The van der Waals surface area contributed by atoms with Gasteiger partial charge in [0.25, 0.3) is 5.91 Å². The second-order valence-corrected chi connectivity index (χ2v) is 10.6. The Morgan fingerprint density at radius 1 is 1.28 bits per heavy atom. The van der Waals surface area contributed by atoms with Crippen LogP contribution in [0.2, 0.25) is 0 Å². The average Bonchev–Trinajstić information content (AvgIpc) is 3.29. The van der Waals surface area contributed by atoms with Crippen LogP contribution in [0.4, 0.5) is 0 Å². The number of aliphatic hydroxyl groups excluding tert-OH is 2. The number of aromatic nitrogens is 2. The number of hydrogen-bond donors (Lipinski definition) is 4. The van der Waals surface area contributed by atoms with Crippen LogP contribution < -0.4 is 5.48 Å². The van der Waals surface area contributed by atoms with E-state index in [1.807, 2.05) is 6.07 Å². The Morgan fingerprint density at radius 3 is 2.59 bits per heavy atom. The van der Waals surface area contributed by atoms with Crippen molar-refractivity contribution in [3.8, 4) is 23.7 Å². The van der Waals surface area contributed by atoms with Gasteiger partial charge in [0.2, 0.25) is 0 Å². The molecule has 1 aromatic carbocycles. The number of sulfone groups is 1. The first-order valence-corrected chi connectivity index (χ1v) is 11.9. The largest absolute Gasteiger partial charge is 0.390 e. The minimum absolute atomic E-state index is 0.0689. The zero-order valence-electron chi connectivity index (χ0n) is 17.7. The third-order valence-corrected chi connectivity index (χ3v) is 7.91. The summed E-state index contributed by atoms with van der Waals surface area (Å²) in [5.41, 5.74) is 2.90. The topological polar surface area (TPSA) is 142 Å². The maximum absolute atomic E-state index is 12.1. The zero-order valence-corrected chi connectivity index (χ0v) is 18.6. The van der Waals surface area contributed by atoms with E-state index in [0.717, 1.165) is 22.7 Å². The number of nitrogens with one attached hydrogen (secondary N) is 1. The molecule has 170 valence electrons. The van der Waals surface area contributed by atoms with Gasteiger partial charge in [0.05, 0.1) is 23.9 Å². The first kappa shape index (κ1) is 23.8. The number of hydroxylamine groups is 1. The van der Waals surface area contributed by atoms with Crippen LogP contribution in [-0.4, -0.2) is 62.7 Å². The molecule has 0 bridgehead atoms. The molecule has 0 saturated heterocycles. The second-order valence-electron chi connectivity index (χ2n) is 8.16. The molecule has 1 saturated carbocycles. The van der Waals surface area contributed by atoms with Crippen LogP contribution in [0.25, 0.3) is 10.9 Å². The Labute approximate surface area is 186 Å². The van der Waals surface area contributed by atoms with Gasteiger partial charge in [-0.25, -0.2) is 13.9 Å². The first-order chi connectivity index (χ1) is 15.0. The number of rotatable bonds is 5. The van der Waals surface area contributed by atoms with Crippen molar-refractivity contribution in [3.05, 3.63) is 30.0 Å². The minimum atomic E-state index is -3.79. The van der Waals surface area contributed by atoms with E-state index in [1.54, 1.807) is 23.0 Å². The maximum atomic E-state index is 12.1. The molecular weight excluding hydrogens is 434 g/mol. The predicted octanol–water partition coefficient (Wildman–Crippen LogP) is 0.222. The summed E-state index contributed by atoms with van der Waals surface area (Å²) in [7, 11) is -3.79. The van der Waals surface area contributed by atoms with Crippen LogP contribution in [0.1, 0.15) is 31.7 Å². The van der Waals surface area contributed by atoms with E-state index in [0.29, 0.717) is 12.8 Å². The number of aryl methyl sites for hydroxylation is 1. The summed E-state index contributed by atoms with van der Waals surface area (Å²) < 4.78 is 24.0. The minimum Gasteiger partial charge on any atom is -0.390 e. The van der Waals surface area contributed by atoms with Crippen molar-refractivity contribution >= 4 is 26.6 Å². The van der Waals surface area contributed by atoms with Crippen LogP contribution >= 0.6 is 0 Å². The molecule has 1 aliphatic rings. The number of nitrogens with zero attached hydrogens (tertiary/aromatic N) is 2. The van der Waals surface area contributed by atoms with Crippen molar-refractivity contribution in [2.24, 2.45) is 5.92 Å².